The summed E-state index contributed by atoms with van der Waals surface area (Å²) in [6.07, 6.45) is 8.37. The first-order valence-corrected chi connectivity index (χ1v) is 12.3. The Hall–Kier alpha value is -2.07. The van der Waals surface area contributed by atoms with Crippen LogP contribution in [-0.2, 0) is 16.0 Å². The van der Waals surface area contributed by atoms with Crippen LogP contribution >= 0.6 is 11.6 Å². The molecule has 2 atom stereocenters. The summed E-state index contributed by atoms with van der Waals surface area (Å²) >= 11 is 6.10. The Kier molecular flexibility index (Phi) is 7.40. The van der Waals surface area contributed by atoms with Crippen molar-refractivity contribution >= 4 is 23.3 Å². The van der Waals surface area contributed by atoms with E-state index in [0.29, 0.717) is 17.4 Å². The lowest BCUT2D eigenvalue weighted by Gasteiger charge is -2.41. The van der Waals surface area contributed by atoms with E-state index < -0.39 is 0 Å². The summed E-state index contributed by atoms with van der Waals surface area (Å²) in [7, 11) is 0. The molecule has 0 aromatic heterocycles. The lowest BCUT2D eigenvalue weighted by Crippen LogP contribution is -2.45. The van der Waals surface area contributed by atoms with Crippen molar-refractivity contribution in [3.63, 3.8) is 0 Å². The molecule has 32 heavy (non-hydrogen) atoms. The third kappa shape index (κ3) is 5.64. The van der Waals surface area contributed by atoms with Gasteiger partial charge in [0.1, 0.15) is 11.4 Å². The van der Waals surface area contributed by atoms with Gasteiger partial charge in [0.2, 0.25) is 0 Å². The minimum absolute atomic E-state index is 0.0817. The predicted molar refractivity (Wildman–Crippen MR) is 128 cm³/mol. The molecule has 1 heterocycles. The molecule has 2 aliphatic rings. The van der Waals surface area contributed by atoms with E-state index in [0.717, 1.165) is 69.2 Å². The quantitative estimate of drug-likeness (QED) is 0.421. The number of hydrogen-bond donors (Lipinski definition) is 0. The summed E-state index contributed by atoms with van der Waals surface area (Å²) in [5.74, 6) is 0.164. The molecule has 1 saturated carbocycles. The molecule has 2 aromatic carbocycles. The Morgan fingerprint density at radius 2 is 1.81 bits per heavy atom. The second kappa shape index (κ2) is 10.2. The summed E-state index contributed by atoms with van der Waals surface area (Å²) in [6, 6.07) is 14.8. The lowest BCUT2D eigenvalue weighted by molar-refractivity contribution is -0.160. The van der Waals surface area contributed by atoms with Gasteiger partial charge < -0.3 is 9.64 Å². The highest BCUT2D eigenvalue weighted by atomic mass is 35.5. The zero-order valence-corrected chi connectivity index (χ0v) is 19.6. The van der Waals surface area contributed by atoms with Gasteiger partial charge in [-0.2, -0.15) is 0 Å². The topological polar surface area (TPSA) is 29.5 Å². The van der Waals surface area contributed by atoms with E-state index in [2.05, 4.69) is 11.8 Å². The van der Waals surface area contributed by atoms with Crippen LogP contribution in [0.1, 0.15) is 63.9 Å². The van der Waals surface area contributed by atoms with Crippen molar-refractivity contribution in [2.45, 2.75) is 76.4 Å². The first kappa shape index (κ1) is 23.1. The van der Waals surface area contributed by atoms with E-state index >= 15 is 0 Å². The molecule has 4 rings (SSSR count). The number of benzene rings is 2. The average Bonchev–Trinajstić information content (AvgIpc) is 3.25. The standard InChI is InChI=1S/C27H33ClFNO2/c1-2-27(14-3-4-15-27)32-26(31)19-25-18-21(17-20-5-9-23(29)10-6-20)13-16-30(25)24-11-7-22(28)8-12-24/h5-12,21,25H,2-4,13-19H2,1H3. The van der Waals surface area contributed by atoms with Gasteiger partial charge in [0.05, 0.1) is 6.42 Å². The van der Waals surface area contributed by atoms with Crippen molar-refractivity contribution in [2.24, 2.45) is 5.92 Å². The molecule has 172 valence electrons. The summed E-state index contributed by atoms with van der Waals surface area (Å²) in [5.41, 5.74) is 1.98. The van der Waals surface area contributed by atoms with Gasteiger partial charge >= 0.3 is 5.97 Å². The number of rotatable bonds is 7. The van der Waals surface area contributed by atoms with Crippen LogP contribution in [-0.4, -0.2) is 24.2 Å². The molecule has 3 nitrogen and oxygen atoms in total. The Balaban J connectivity index is 1.47. The molecular weight excluding hydrogens is 425 g/mol. The monoisotopic (exact) mass is 457 g/mol. The highest BCUT2D eigenvalue weighted by Gasteiger charge is 2.37. The highest BCUT2D eigenvalue weighted by Crippen LogP contribution is 2.37. The van der Waals surface area contributed by atoms with Gasteiger partial charge in [0.25, 0.3) is 0 Å². The van der Waals surface area contributed by atoms with E-state index in [-0.39, 0.29) is 23.4 Å². The smallest absolute Gasteiger partial charge is 0.308 e. The number of hydrogen-bond acceptors (Lipinski definition) is 3. The minimum atomic E-state index is -0.260. The average molecular weight is 458 g/mol. The van der Waals surface area contributed by atoms with E-state index in [1.165, 1.54) is 12.1 Å². The number of piperidine rings is 1. The van der Waals surface area contributed by atoms with Gasteiger partial charge in [-0.25, -0.2) is 4.39 Å². The predicted octanol–water partition coefficient (Wildman–Crippen LogP) is 6.96. The second-order valence-corrected chi connectivity index (χ2v) is 9.90. The lowest BCUT2D eigenvalue weighted by atomic mass is 9.84. The Bertz CT molecular complexity index is 893. The van der Waals surface area contributed by atoms with Crippen LogP contribution in [0, 0.1) is 11.7 Å². The van der Waals surface area contributed by atoms with Crippen LogP contribution in [0.2, 0.25) is 5.02 Å². The van der Waals surface area contributed by atoms with Gasteiger partial charge in [-0.1, -0.05) is 30.7 Å². The van der Waals surface area contributed by atoms with Crippen LogP contribution in [0.4, 0.5) is 10.1 Å². The summed E-state index contributed by atoms with van der Waals surface area (Å²) in [4.78, 5) is 15.4. The normalized spacial score (nSPS) is 22.7. The van der Waals surface area contributed by atoms with E-state index in [4.69, 9.17) is 16.3 Å². The number of esters is 1. The molecule has 2 unspecified atom stereocenters. The zero-order valence-electron chi connectivity index (χ0n) is 18.9. The third-order valence-electron chi connectivity index (χ3n) is 7.31. The molecule has 0 spiro atoms. The van der Waals surface area contributed by atoms with Crippen molar-refractivity contribution < 1.29 is 13.9 Å². The summed E-state index contributed by atoms with van der Waals surface area (Å²) < 4.78 is 19.4. The molecule has 2 aromatic rings. The number of nitrogens with zero attached hydrogens (tertiary/aromatic N) is 1. The molecule has 0 radical (unpaired) electrons. The maximum absolute atomic E-state index is 13.3. The largest absolute Gasteiger partial charge is 0.459 e. The highest BCUT2D eigenvalue weighted by molar-refractivity contribution is 6.30. The molecule has 5 heteroatoms. The Morgan fingerprint density at radius 3 is 2.47 bits per heavy atom. The van der Waals surface area contributed by atoms with Crippen LogP contribution in [0.15, 0.2) is 48.5 Å². The molecule has 0 amide bonds. The fraction of sp³-hybridized carbons (Fsp3) is 0.519. The number of carbonyl (C=O) groups is 1. The second-order valence-electron chi connectivity index (χ2n) is 9.47. The molecular formula is C27H33ClFNO2. The molecule has 1 aliphatic heterocycles. The van der Waals surface area contributed by atoms with Crippen LogP contribution < -0.4 is 4.90 Å². The van der Waals surface area contributed by atoms with Crippen LogP contribution in [0.25, 0.3) is 0 Å². The van der Waals surface area contributed by atoms with E-state index in [9.17, 15) is 9.18 Å². The van der Waals surface area contributed by atoms with Crippen molar-refractivity contribution in [1.29, 1.82) is 0 Å². The summed E-state index contributed by atoms with van der Waals surface area (Å²) in [5, 5.41) is 0.710. The Morgan fingerprint density at radius 1 is 1.12 bits per heavy atom. The van der Waals surface area contributed by atoms with Gasteiger partial charge in [-0.3, -0.25) is 4.79 Å². The van der Waals surface area contributed by atoms with E-state index in [1.807, 2.05) is 36.4 Å². The van der Waals surface area contributed by atoms with Crippen molar-refractivity contribution in [1.82, 2.24) is 0 Å². The van der Waals surface area contributed by atoms with E-state index in [1.54, 1.807) is 0 Å². The maximum Gasteiger partial charge on any atom is 0.308 e. The number of anilines is 1. The first-order chi connectivity index (χ1) is 15.5. The van der Waals surface area contributed by atoms with Crippen LogP contribution in [0.3, 0.4) is 0 Å². The van der Waals surface area contributed by atoms with Gasteiger partial charge in [-0.05, 0) is 99.2 Å². The minimum Gasteiger partial charge on any atom is -0.459 e. The van der Waals surface area contributed by atoms with Crippen LogP contribution in [0.5, 0.6) is 0 Å². The number of carbonyl (C=O) groups excluding carboxylic acids is 1. The van der Waals surface area contributed by atoms with Gasteiger partial charge in [0, 0.05) is 23.3 Å². The fourth-order valence-corrected chi connectivity index (χ4v) is 5.59. The van der Waals surface area contributed by atoms with Gasteiger partial charge in [0.15, 0.2) is 0 Å². The first-order valence-electron chi connectivity index (χ1n) is 11.9. The van der Waals surface area contributed by atoms with Gasteiger partial charge in [-0.15, -0.1) is 0 Å². The van der Waals surface area contributed by atoms with Crippen molar-refractivity contribution in [3.8, 4) is 0 Å². The molecule has 2 fully saturated rings. The fourth-order valence-electron chi connectivity index (χ4n) is 5.46. The molecule has 1 aliphatic carbocycles. The molecule has 0 bridgehead atoms. The molecule has 0 N–H and O–H groups in total. The maximum atomic E-state index is 13.3. The SMILES string of the molecule is CCC1(OC(=O)CC2CC(Cc3ccc(F)cc3)CCN2c2ccc(Cl)cc2)CCCC1. The third-order valence-corrected chi connectivity index (χ3v) is 7.56. The number of halogens is 2. The summed E-state index contributed by atoms with van der Waals surface area (Å²) in [6.45, 7) is 3.00. The Labute approximate surface area is 195 Å². The van der Waals surface area contributed by atoms with Crippen molar-refractivity contribution in [2.75, 3.05) is 11.4 Å². The van der Waals surface area contributed by atoms with Crippen molar-refractivity contribution in [3.05, 3.63) is 64.9 Å². The molecule has 1 saturated heterocycles. The zero-order chi connectivity index (χ0) is 22.6. The number of ether oxygens (including phenoxy) is 1.